The lowest BCUT2D eigenvalue weighted by Gasteiger charge is -2.21. The van der Waals surface area contributed by atoms with Crippen LogP contribution in [0.2, 0.25) is 0 Å². The van der Waals surface area contributed by atoms with Crippen molar-refractivity contribution in [3.8, 4) is 0 Å². The highest BCUT2D eigenvalue weighted by Gasteiger charge is 2.22. The Bertz CT molecular complexity index is 815. The van der Waals surface area contributed by atoms with Gasteiger partial charge >= 0.3 is 0 Å². The van der Waals surface area contributed by atoms with E-state index in [4.69, 9.17) is 0 Å². The van der Waals surface area contributed by atoms with Gasteiger partial charge in [0.05, 0.1) is 10.9 Å². The first-order chi connectivity index (χ1) is 13.5. The van der Waals surface area contributed by atoms with Crippen molar-refractivity contribution in [2.45, 2.75) is 62.5 Å². The topological polar surface area (TPSA) is 71.1 Å². The average Bonchev–Trinajstić information content (AvgIpc) is 3.11. The van der Waals surface area contributed by atoms with Crippen LogP contribution in [0.1, 0.15) is 51.1 Å². The summed E-state index contributed by atoms with van der Waals surface area (Å²) in [6.45, 7) is 3.91. The summed E-state index contributed by atoms with van der Waals surface area (Å²) in [5, 5.41) is 8.29. The molecule has 0 radical (unpaired) electrons. The van der Waals surface area contributed by atoms with E-state index in [1.807, 2.05) is 43.5 Å². The Morgan fingerprint density at radius 1 is 1.25 bits per heavy atom. The monoisotopic (exact) mass is 417 g/mol. The van der Waals surface area contributed by atoms with Crippen LogP contribution in [0, 0.1) is 12.8 Å². The van der Waals surface area contributed by atoms with Crippen molar-refractivity contribution in [2.75, 3.05) is 10.6 Å². The molecule has 1 aliphatic rings. The fourth-order valence-electron chi connectivity index (χ4n) is 3.34. The number of benzene rings is 1. The van der Waals surface area contributed by atoms with Gasteiger partial charge in [-0.25, -0.2) is 4.98 Å². The van der Waals surface area contributed by atoms with Crippen molar-refractivity contribution < 1.29 is 9.59 Å². The summed E-state index contributed by atoms with van der Waals surface area (Å²) >= 11 is 2.95. The van der Waals surface area contributed by atoms with Crippen LogP contribution < -0.4 is 10.6 Å². The number of anilines is 2. The standard InChI is InChI=1S/C21H27N3O2S2/c1-3-18(20(26)24-21-22-14(2)13-27-21)28-17-11-7-10-16(12-17)23-19(25)15-8-5-4-6-9-15/h7,10-13,15,18H,3-6,8-9H2,1-2H3,(H,23,25)(H,22,24,26). The van der Waals surface area contributed by atoms with Gasteiger partial charge in [0, 0.05) is 21.9 Å². The minimum Gasteiger partial charge on any atom is -0.326 e. The number of nitrogens with zero attached hydrogens (tertiary/aromatic N) is 1. The number of thioether (sulfide) groups is 1. The number of hydrogen-bond donors (Lipinski definition) is 2. The predicted molar refractivity (Wildman–Crippen MR) is 117 cm³/mol. The van der Waals surface area contributed by atoms with Gasteiger partial charge in [-0.3, -0.25) is 9.59 Å². The molecule has 5 nitrogen and oxygen atoms in total. The molecule has 28 heavy (non-hydrogen) atoms. The van der Waals surface area contributed by atoms with E-state index in [0.29, 0.717) is 11.6 Å². The smallest absolute Gasteiger partial charge is 0.239 e. The lowest BCUT2D eigenvalue weighted by atomic mass is 9.88. The minimum absolute atomic E-state index is 0.0431. The summed E-state index contributed by atoms with van der Waals surface area (Å²) in [5.41, 5.74) is 1.70. The average molecular weight is 418 g/mol. The van der Waals surface area contributed by atoms with Gasteiger partial charge in [0.15, 0.2) is 5.13 Å². The number of aromatic nitrogens is 1. The number of hydrogen-bond acceptors (Lipinski definition) is 5. The number of carbonyl (C=O) groups is 2. The maximum Gasteiger partial charge on any atom is 0.239 e. The van der Waals surface area contributed by atoms with Gasteiger partial charge in [-0.1, -0.05) is 32.3 Å². The van der Waals surface area contributed by atoms with E-state index >= 15 is 0 Å². The maximum atomic E-state index is 12.6. The zero-order valence-corrected chi connectivity index (χ0v) is 18.0. The van der Waals surface area contributed by atoms with Crippen molar-refractivity contribution in [1.82, 2.24) is 4.98 Å². The fourth-order valence-corrected chi connectivity index (χ4v) is 5.04. The Morgan fingerprint density at radius 3 is 2.71 bits per heavy atom. The van der Waals surface area contributed by atoms with Crippen LogP contribution in [0.5, 0.6) is 0 Å². The van der Waals surface area contributed by atoms with Gasteiger partial charge < -0.3 is 10.6 Å². The molecule has 1 fully saturated rings. The second-order valence-electron chi connectivity index (χ2n) is 7.15. The van der Waals surface area contributed by atoms with Crippen LogP contribution in [-0.4, -0.2) is 22.0 Å². The number of carbonyl (C=O) groups excluding carboxylic acids is 2. The highest BCUT2D eigenvalue weighted by atomic mass is 32.2. The van der Waals surface area contributed by atoms with Gasteiger partial charge in [-0.15, -0.1) is 23.1 Å². The first kappa shape index (κ1) is 20.9. The maximum absolute atomic E-state index is 12.6. The van der Waals surface area contributed by atoms with Gasteiger partial charge in [-0.05, 0) is 44.4 Å². The third kappa shape index (κ3) is 5.82. The second kappa shape index (κ2) is 10.1. The molecule has 7 heteroatoms. The molecule has 0 spiro atoms. The molecule has 1 heterocycles. The van der Waals surface area contributed by atoms with Crippen molar-refractivity contribution in [3.63, 3.8) is 0 Å². The largest absolute Gasteiger partial charge is 0.326 e. The van der Waals surface area contributed by atoms with Gasteiger partial charge in [-0.2, -0.15) is 0 Å². The van der Waals surface area contributed by atoms with E-state index in [1.54, 1.807) is 0 Å². The molecule has 1 aromatic heterocycles. The normalized spacial score (nSPS) is 15.8. The Morgan fingerprint density at radius 2 is 2.04 bits per heavy atom. The highest BCUT2D eigenvalue weighted by Crippen LogP contribution is 2.30. The van der Waals surface area contributed by atoms with Crippen molar-refractivity contribution >= 4 is 45.7 Å². The molecule has 0 aliphatic heterocycles. The van der Waals surface area contributed by atoms with Gasteiger partial charge in [0.1, 0.15) is 0 Å². The zero-order chi connectivity index (χ0) is 19.9. The molecular formula is C21H27N3O2S2. The lowest BCUT2D eigenvalue weighted by Crippen LogP contribution is -2.25. The molecule has 2 amide bonds. The van der Waals surface area contributed by atoms with Crippen LogP contribution in [0.4, 0.5) is 10.8 Å². The molecule has 1 atom stereocenters. The van der Waals surface area contributed by atoms with E-state index in [0.717, 1.165) is 42.0 Å². The highest BCUT2D eigenvalue weighted by molar-refractivity contribution is 8.00. The lowest BCUT2D eigenvalue weighted by molar-refractivity contribution is -0.120. The van der Waals surface area contributed by atoms with Crippen LogP contribution in [0.25, 0.3) is 0 Å². The number of amides is 2. The summed E-state index contributed by atoms with van der Waals surface area (Å²) in [7, 11) is 0. The summed E-state index contributed by atoms with van der Waals surface area (Å²) in [5.74, 6) is 0.199. The summed E-state index contributed by atoms with van der Waals surface area (Å²) in [4.78, 5) is 30.3. The fraction of sp³-hybridized carbons (Fsp3) is 0.476. The van der Waals surface area contributed by atoms with E-state index in [2.05, 4.69) is 15.6 Å². The number of rotatable bonds is 7. The minimum atomic E-state index is -0.214. The molecule has 1 unspecified atom stereocenters. The Balaban J connectivity index is 1.60. The molecule has 1 aromatic carbocycles. The van der Waals surface area contributed by atoms with E-state index < -0.39 is 0 Å². The molecule has 0 saturated heterocycles. The number of aryl methyl sites for hydroxylation is 1. The van der Waals surface area contributed by atoms with Crippen molar-refractivity contribution in [2.24, 2.45) is 5.92 Å². The first-order valence-electron chi connectivity index (χ1n) is 9.85. The molecule has 3 rings (SSSR count). The Hall–Kier alpha value is -1.86. The summed E-state index contributed by atoms with van der Waals surface area (Å²) in [6.07, 6.45) is 6.18. The quantitative estimate of drug-likeness (QED) is 0.585. The molecule has 0 bridgehead atoms. The van der Waals surface area contributed by atoms with E-state index in [9.17, 15) is 9.59 Å². The van der Waals surface area contributed by atoms with Crippen LogP contribution in [0.3, 0.4) is 0 Å². The van der Waals surface area contributed by atoms with Crippen molar-refractivity contribution in [3.05, 3.63) is 35.3 Å². The molecule has 2 aromatic rings. The molecule has 150 valence electrons. The van der Waals surface area contributed by atoms with Gasteiger partial charge in [0.2, 0.25) is 11.8 Å². The number of nitrogens with one attached hydrogen (secondary N) is 2. The SMILES string of the molecule is CCC(Sc1cccc(NC(=O)C2CCCCC2)c1)C(=O)Nc1nc(C)cs1. The third-order valence-electron chi connectivity index (χ3n) is 4.87. The summed E-state index contributed by atoms with van der Waals surface area (Å²) < 4.78 is 0. The molecular weight excluding hydrogens is 390 g/mol. The number of thiazole rings is 1. The van der Waals surface area contributed by atoms with Crippen LogP contribution in [0.15, 0.2) is 34.5 Å². The second-order valence-corrected chi connectivity index (χ2v) is 9.28. The van der Waals surface area contributed by atoms with Gasteiger partial charge in [0.25, 0.3) is 0 Å². The Kier molecular flexibility index (Phi) is 7.50. The molecule has 1 saturated carbocycles. The molecule has 1 aliphatic carbocycles. The summed E-state index contributed by atoms with van der Waals surface area (Å²) in [6, 6.07) is 7.76. The van der Waals surface area contributed by atoms with Crippen molar-refractivity contribution in [1.29, 1.82) is 0 Å². The van der Waals surface area contributed by atoms with Crippen LogP contribution in [-0.2, 0) is 9.59 Å². The van der Waals surface area contributed by atoms with E-state index in [-0.39, 0.29) is 23.0 Å². The Labute approximate surface area is 174 Å². The molecule has 2 N–H and O–H groups in total. The predicted octanol–water partition coefficient (Wildman–Crippen LogP) is 5.48. The van der Waals surface area contributed by atoms with Crippen LogP contribution >= 0.6 is 23.1 Å². The first-order valence-corrected chi connectivity index (χ1v) is 11.6. The third-order valence-corrected chi connectivity index (χ3v) is 7.10. The van der Waals surface area contributed by atoms with E-state index in [1.165, 1.54) is 29.5 Å². The zero-order valence-electron chi connectivity index (χ0n) is 16.4.